The van der Waals surface area contributed by atoms with E-state index >= 15 is 0 Å². The number of hydrogen-bond acceptors (Lipinski definition) is 12. The Morgan fingerprint density at radius 1 is 0.892 bits per heavy atom. The van der Waals surface area contributed by atoms with Gasteiger partial charge in [-0.1, -0.05) is 6.07 Å². The third kappa shape index (κ3) is 6.11. The minimum atomic E-state index is 0.0769. The average Bonchev–Trinajstić information content (AvgIpc) is 2.93. The summed E-state index contributed by atoms with van der Waals surface area (Å²) in [5, 5.41) is 16.5. The van der Waals surface area contributed by atoms with Crippen molar-refractivity contribution in [1.29, 1.82) is 0 Å². The molecule has 2 heterocycles. The number of fused-ring (bicyclic) bond motifs is 1. The Hall–Kier alpha value is -4.71. The van der Waals surface area contributed by atoms with Gasteiger partial charge in [-0.3, -0.25) is 5.43 Å². The molecule has 0 fully saturated rings. The highest BCUT2D eigenvalue weighted by Crippen LogP contribution is 2.37. The molecule has 3 N–H and O–H groups in total. The molecule has 37 heavy (non-hydrogen) atoms. The van der Waals surface area contributed by atoms with Gasteiger partial charge in [0, 0.05) is 30.3 Å². The van der Waals surface area contributed by atoms with E-state index in [1.807, 2.05) is 24.3 Å². The van der Waals surface area contributed by atoms with Crippen molar-refractivity contribution < 1.29 is 24.1 Å². The molecule has 0 bridgehead atoms. The van der Waals surface area contributed by atoms with Crippen LogP contribution >= 0.6 is 0 Å². The molecule has 12 nitrogen and oxygen atoms in total. The Kier molecular flexibility index (Phi) is 8.45. The van der Waals surface area contributed by atoms with Crippen LogP contribution in [0.2, 0.25) is 0 Å². The van der Waals surface area contributed by atoms with Crippen LogP contribution in [0.1, 0.15) is 12.0 Å². The van der Waals surface area contributed by atoms with Crippen LogP contribution in [-0.2, 0) is 0 Å². The Morgan fingerprint density at radius 2 is 1.59 bits per heavy atom. The van der Waals surface area contributed by atoms with E-state index in [1.54, 1.807) is 39.7 Å². The smallest absolute Gasteiger partial charge is 0.203 e. The predicted molar refractivity (Wildman–Crippen MR) is 139 cm³/mol. The summed E-state index contributed by atoms with van der Waals surface area (Å²) in [6.45, 7) is 0.503. The van der Waals surface area contributed by atoms with Crippen molar-refractivity contribution >= 4 is 34.6 Å². The van der Waals surface area contributed by atoms with Crippen molar-refractivity contribution in [3.63, 3.8) is 0 Å². The minimum absolute atomic E-state index is 0.0769. The lowest BCUT2D eigenvalue weighted by molar-refractivity contribution is 0.233. The first-order valence-electron chi connectivity index (χ1n) is 11.3. The minimum Gasteiger partial charge on any atom is -0.493 e. The molecule has 0 aliphatic carbocycles. The van der Waals surface area contributed by atoms with Gasteiger partial charge in [0.25, 0.3) is 0 Å². The van der Waals surface area contributed by atoms with Crippen LogP contribution in [-0.4, -0.2) is 65.8 Å². The van der Waals surface area contributed by atoms with E-state index in [0.717, 1.165) is 11.3 Å². The Morgan fingerprint density at radius 3 is 2.27 bits per heavy atom. The lowest BCUT2D eigenvalue weighted by Crippen LogP contribution is -2.03. The van der Waals surface area contributed by atoms with Crippen molar-refractivity contribution in [3.05, 3.63) is 54.6 Å². The molecule has 0 spiro atoms. The number of aromatic nitrogens is 4. The molecular formula is C25H27N7O5. The second-order valence-corrected chi connectivity index (χ2v) is 7.55. The van der Waals surface area contributed by atoms with Crippen molar-refractivity contribution in [2.45, 2.75) is 6.42 Å². The number of aliphatic hydroxyl groups is 1. The number of nitrogens with zero attached hydrogens (tertiary/aromatic N) is 5. The number of ether oxygens (including phenoxy) is 4. The van der Waals surface area contributed by atoms with Gasteiger partial charge >= 0.3 is 0 Å². The van der Waals surface area contributed by atoms with E-state index in [0.29, 0.717) is 58.7 Å². The highest BCUT2D eigenvalue weighted by molar-refractivity contribution is 5.93. The Labute approximate surface area is 213 Å². The first-order valence-corrected chi connectivity index (χ1v) is 11.3. The van der Waals surface area contributed by atoms with E-state index in [1.165, 1.54) is 12.7 Å². The Balaban J connectivity index is 1.55. The highest BCUT2D eigenvalue weighted by atomic mass is 16.5. The number of aliphatic hydroxyl groups excluding tert-OH is 1. The summed E-state index contributed by atoms with van der Waals surface area (Å²) in [7, 11) is 4.65. The molecule has 4 aromatic rings. The van der Waals surface area contributed by atoms with Crippen LogP contribution in [0.4, 0.5) is 17.3 Å². The van der Waals surface area contributed by atoms with Crippen LogP contribution < -0.4 is 29.7 Å². The number of benzene rings is 2. The van der Waals surface area contributed by atoms with E-state index < -0.39 is 0 Å². The third-order valence-corrected chi connectivity index (χ3v) is 5.16. The van der Waals surface area contributed by atoms with Gasteiger partial charge in [0.2, 0.25) is 5.75 Å². The quantitative estimate of drug-likeness (QED) is 0.148. The van der Waals surface area contributed by atoms with E-state index in [-0.39, 0.29) is 6.61 Å². The monoisotopic (exact) mass is 505 g/mol. The van der Waals surface area contributed by atoms with E-state index in [4.69, 9.17) is 24.1 Å². The number of hydrogen-bond donors (Lipinski definition) is 3. The van der Waals surface area contributed by atoms with Crippen molar-refractivity contribution in [2.24, 2.45) is 5.10 Å². The topological polar surface area (TPSA) is 145 Å². The standard InChI is InChI=1S/C25H27N7O5/c1-34-19-10-16(11-20(35-2)23(19)36-3)13-30-32-25-22-21(26-15-29-25)24(28-14-27-22)31-17-6-4-7-18(12-17)37-9-5-8-33/h4,6-7,10-15,33H,5,8-9H2,1-3H3,(H,26,29,32)(H,27,28,31)/b30-13+. The zero-order valence-electron chi connectivity index (χ0n) is 20.6. The summed E-state index contributed by atoms with van der Waals surface area (Å²) < 4.78 is 21.8. The second kappa shape index (κ2) is 12.3. The number of methoxy groups -OCH3 is 3. The van der Waals surface area contributed by atoms with Gasteiger partial charge in [-0.25, -0.2) is 19.9 Å². The molecule has 12 heteroatoms. The van der Waals surface area contributed by atoms with Crippen LogP contribution in [0.5, 0.6) is 23.0 Å². The van der Waals surface area contributed by atoms with Gasteiger partial charge in [0.15, 0.2) is 23.1 Å². The van der Waals surface area contributed by atoms with Crippen molar-refractivity contribution in [2.75, 3.05) is 45.3 Å². The molecule has 0 unspecified atom stereocenters. The molecule has 0 aliphatic rings. The summed E-state index contributed by atoms with van der Waals surface area (Å²) >= 11 is 0. The van der Waals surface area contributed by atoms with Gasteiger partial charge < -0.3 is 29.4 Å². The molecule has 0 radical (unpaired) electrons. The maximum Gasteiger partial charge on any atom is 0.203 e. The molecule has 0 saturated heterocycles. The summed E-state index contributed by atoms with van der Waals surface area (Å²) in [6.07, 6.45) is 4.98. The number of rotatable bonds is 12. The molecule has 0 aliphatic heterocycles. The molecule has 0 saturated carbocycles. The Bertz CT molecular complexity index is 1360. The van der Waals surface area contributed by atoms with Crippen LogP contribution in [0.15, 0.2) is 54.2 Å². The molecule has 4 rings (SSSR count). The summed E-state index contributed by atoms with van der Waals surface area (Å²) in [4.78, 5) is 17.3. The summed E-state index contributed by atoms with van der Waals surface area (Å²) in [5.74, 6) is 3.10. The number of anilines is 3. The molecule has 192 valence electrons. The van der Waals surface area contributed by atoms with E-state index in [2.05, 4.69) is 35.8 Å². The van der Waals surface area contributed by atoms with Crippen LogP contribution in [0.25, 0.3) is 11.0 Å². The number of nitrogens with one attached hydrogen (secondary N) is 2. The zero-order chi connectivity index (χ0) is 26.0. The van der Waals surface area contributed by atoms with E-state index in [9.17, 15) is 0 Å². The summed E-state index contributed by atoms with van der Waals surface area (Å²) in [5.41, 5.74) is 5.39. The molecule has 2 aromatic heterocycles. The summed E-state index contributed by atoms with van der Waals surface area (Å²) in [6, 6.07) is 11.0. The van der Waals surface area contributed by atoms with Crippen LogP contribution in [0, 0.1) is 0 Å². The predicted octanol–water partition coefficient (Wildman–Crippen LogP) is 3.40. The third-order valence-electron chi connectivity index (χ3n) is 5.16. The average molecular weight is 506 g/mol. The SMILES string of the molecule is COc1cc(/C=N/Nc2ncnc3c(Nc4cccc(OCCCO)c4)ncnc23)cc(OC)c1OC. The molecule has 0 amide bonds. The van der Waals surface area contributed by atoms with Gasteiger partial charge in [0.1, 0.15) is 29.4 Å². The number of hydrazone groups is 1. The largest absolute Gasteiger partial charge is 0.493 e. The van der Waals surface area contributed by atoms with Crippen molar-refractivity contribution in [1.82, 2.24) is 19.9 Å². The molecule has 2 aromatic carbocycles. The van der Waals surface area contributed by atoms with Gasteiger partial charge in [-0.2, -0.15) is 5.10 Å². The fourth-order valence-corrected chi connectivity index (χ4v) is 3.45. The second-order valence-electron chi connectivity index (χ2n) is 7.55. The first kappa shape index (κ1) is 25.4. The lowest BCUT2D eigenvalue weighted by atomic mass is 10.2. The van der Waals surface area contributed by atoms with Gasteiger partial charge in [0.05, 0.1) is 34.2 Å². The molecular weight excluding hydrogens is 478 g/mol. The molecule has 0 atom stereocenters. The normalized spacial score (nSPS) is 10.9. The fraction of sp³-hybridized carbons (Fsp3) is 0.240. The maximum absolute atomic E-state index is 8.94. The lowest BCUT2D eigenvalue weighted by Gasteiger charge is -2.12. The zero-order valence-corrected chi connectivity index (χ0v) is 20.6. The van der Waals surface area contributed by atoms with Gasteiger partial charge in [-0.15, -0.1) is 0 Å². The van der Waals surface area contributed by atoms with Crippen LogP contribution in [0.3, 0.4) is 0 Å². The first-order chi connectivity index (χ1) is 18.2. The highest BCUT2D eigenvalue weighted by Gasteiger charge is 2.13. The maximum atomic E-state index is 8.94. The van der Waals surface area contributed by atoms with Crippen molar-refractivity contribution in [3.8, 4) is 23.0 Å². The fourth-order valence-electron chi connectivity index (χ4n) is 3.45. The van der Waals surface area contributed by atoms with Gasteiger partial charge in [-0.05, 0) is 24.3 Å².